The number of phenolic OH excluding ortho intramolecular Hbond substituents is 4. The van der Waals surface area contributed by atoms with Gasteiger partial charge in [-0.15, -0.1) is 0 Å². The molecule has 0 atom stereocenters. The van der Waals surface area contributed by atoms with Crippen LogP contribution in [0, 0.1) is 0 Å². The largest absolute Gasteiger partial charge is 0.504 e. The zero-order valence-electron chi connectivity index (χ0n) is 21.8. The molecule has 11 nitrogen and oxygen atoms in total. The summed E-state index contributed by atoms with van der Waals surface area (Å²) in [5, 5.41) is 42.9. The molecule has 4 aromatic carbocycles. The zero-order valence-corrected chi connectivity index (χ0v) is 21.8. The van der Waals surface area contributed by atoms with Crippen molar-refractivity contribution in [3.05, 3.63) is 58.8 Å². The number of ether oxygens (including phenoxy) is 5. The molecule has 0 aliphatic rings. The molecule has 0 bridgehead atoms. The van der Waals surface area contributed by atoms with Gasteiger partial charge in [0.15, 0.2) is 34.3 Å². The van der Waals surface area contributed by atoms with Crippen molar-refractivity contribution in [1.82, 2.24) is 0 Å². The average molecular weight is 549 g/mol. The first-order valence-electron chi connectivity index (χ1n) is 11.8. The number of rotatable bonds is 7. The molecule has 5 rings (SSSR count). The lowest BCUT2D eigenvalue weighted by molar-refractivity contribution is 0.335. The molecule has 0 spiro atoms. The molecule has 0 amide bonds. The number of aromatic hydroxyl groups is 4. The van der Waals surface area contributed by atoms with E-state index in [0.29, 0.717) is 0 Å². The van der Waals surface area contributed by atoms with Crippen molar-refractivity contribution in [3.8, 4) is 68.6 Å². The number of fused-ring (bicyclic) bond motifs is 2. The fraction of sp³-hybridized carbons (Fsp3) is 0.138. The number of para-hydroxylation sites is 1. The molecule has 4 N–H and O–H groups in total. The summed E-state index contributed by atoms with van der Waals surface area (Å²) >= 11 is 0. The predicted octanol–water partition coefficient (Wildman–Crippen LogP) is 5.26. The van der Waals surface area contributed by atoms with Gasteiger partial charge in [0.2, 0.25) is 22.7 Å². The topological polar surface area (TPSA) is 157 Å². The second-order valence-electron chi connectivity index (χ2n) is 8.54. The number of hydrogen-bond donors (Lipinski definition) is 4. The molecular weight excluding hydrogens is 524 g/mol. The van der Waals surface area contributed by atoms with E-state index < -0.39 is 16.9 Å². The molecule has 0 radical (unpaired) electrons. The smallest absolute Gasteiger partial charge is 0.206 e. The zero-order chi connectivity index (χ0) is 28.7. The van der Waals surface area contributed by atoms with Crippen molar-refractivity contribution in [3.63, 3.8) is 0 Å². The highest BCUT2D eigenvalue weighted by molar-refractivity contribution is 6.07. The van der Waals surface area contributed by atoms with Gasteiger partial charge >= 0.3 is 0 Å². The average Bonchev–Trinajstić information content (AvgIpc) is 2.95. The lowest BCUT2D eigenvalue weighted by Crippen LogP contribution is -2.06. The minimum absolute atomic E-state index is 0.00153. The van der Waals surface area contributed by atoms with Crippen molar-refractivity contribution in [1.29, 1.82) is 0 Å². The van der Waals surface area contributed by atoms with E-state index in [0.717, 1.165) is 0 Å². The highest BCUT2D eigenvalue weighted by Gasteiger charge is 2.29. The Labute approximate surface area is 226 Å². The summed E-state index contributed by atoms with van der Waals surface area (Å²) in [6, 6.07) is 11.8. The van der Waals surface area contributed by atoms with Crippen LogP contribution in [0.5, 0.6) is 57.5 Å². The molecule has 1 aromatic heterocycles. The van der Waals surface area contributed by atoms with Gasteiger partial charge in [0.05, 0.1) is 39.2 Å². The number of benzene rings is 4. The molecule has 11 heteroatoms. The van der Waals surface area contributed by atoms with E-state index in [2.05, 4.69) is 0 Å². The Morgan fingerprint density at radius 3 is 2.10 bits per heavy atom. The van der Waals surface area contributed by atoms with Gasteiger partial charge in [0, 0.05) is 29.3 Å². The van der Waals surface area contributed by atoms with Gasteiger partial charge < -0.3 is 48.5 Å². The Morgan fingerprint density at radius 1 is 0.700 bits per heavy atom. The minimum Gasteiger partial charge on any atom is -0.504 e. The van der Waals surface area contributed by atoms with Gasteiger partial charge in [-0.1, -0.05) is 12.1 Å². The number of hydrogen-bond acceptors (Lipinski definition) is 11. The maximum Gasteiger partial charge on any atom is 0.206 e. The summed E-state index contributed by atoms with van der Waals surface area (Å²) in [7, 11) is 5.32. The third-order valence-corrected chi connectivity index (χ3v) is 6.35. The molecule has 0 saturated carbocycles. The van der Waals surface area contributed by atoms with Crippen molar-refractivity contribution in [2.45, 2.75) is 0 Å². The van der Waals surface area contributed by atoms with E-state index in [1.54, 1.807) is 24.3 Å². The summed E-state index contributed by atoms with van der Waals surface area (Å²) in [6.45, 7) is 0. The number of phenols is 4. The first-order chi connectivity index (χ1) is 19.2. The first-order valence-corrected chi connectivity index (χ1v) is 11.8. The van der Waals surface area contributed by atoms with Crippen molar-refractivity contribution in [2.75, 3.05) is 28.4 Å². The van der Waals surface area contributed by atoms with Crippen LogP contribution in [0.15, 0.2) is 57.7 Å². The Balaban J connectivity index is 1.86. The van der Waals surface area contributed by atoms with Crippen LogP contribution in [-0.4, -0.2) is 48.9 Å². The molecule has 0 aliphatic heterocycles. The molecule has 0 fully saturated rings. The maximum atomic E-state index is 13.8. The van der Waals surface area contributed by atoms with Gasteiger partial charge in [-0.3, -0.25) is 4.79 Å². The van der Waals surface area contributed by atoms with Crippen molar-refractivity contribution < 1.29 is 48.5 Å². The van der Waals surface area contributed by atoms with Crippen LogP contribution in [0.3, 0.4) is 0 Å². The lowest BCUT2D eigenvalue weighted by atomic mass is 9.96. The molecule has 1 heterocycles. The molecule has 206 valence electrons. The molecule has 0 saturated heterocycles. The van der Waals surface area contributed by atoms with Crippen LogP contribution in [0.25, 0.3) is 33.1 Å². The highest BCUT2D eigenvalue weighted by atomic mass is 16.5. The van der Waals surface area contributed by atoms with Gasteiger partial charge in [-0.05, 0) is 18.2 Å². The Bertz CT molecular complexity index is 1840. The van der Waals surface area contributed by atoms with E-state index in [-0.39, 0.29) is 79.1 Å². The van der Waals surface area contributed by atoms with E-state index in [4.69, 9.17) is 28.1 Å². The summed E-state index contributed by atoms with van der Waals surface area (Å²) in [4.78, 5) is 13.8. The van der Waals surface area contributed by atoms with Gasteiger partial charge in [0.25, 0.3) is 0 Å². The van der Waals surface area contributed by atoms with E-state index in [1.165, 1.54) is 52.7 Å². The van der Waals surface area contributed by atoms with Gasteiger partial charge in [-0.25, -0.2) is 0 Å². The highest BCUT2D eigenvalue weighted by Crippen LogP contribution is 2.53. The maximum absolute atomic E-state index is 13.8. The second kappa shape index (κ2) is 10.0. The molecular formula is C29H24O11. The summed E-state index contributed by atoms with van der Waals surface area (Å²) in [5.74, 6) is -2.11. The molecule has 0 aliphatic carbocycles. The van der Waals surface area contributed by atoms with Gasteiger partial charge in [0.1, 0.15) is 17.1 Å². The Morgan fingerprint density at radius 2 is 1.43 bits per heavy atom. The molecule has 5 aromatic rings. The SMILES string of the molecule is COc1cc(O)c(OC)c(Oc2cc(-c3c(OC)c(O)c(O)c4oc5ccccc5c(=O)c34)c(OC)cc2O)c1. The normalized spacial score (nSPS) is 11.0. The van der Waals surface area contributed by atoms with Crippen LogP contribution in [-0.2, 0) is 0 Å². The Kier molecular flexibility index (Phi) is 6.56. The standard InChI is InChI=1S/C29H24O11/c1-35-13-9-17(31)27(37-3)21(10-13)39-20-11-15(19(36-2)12-16(20)30)22-23-24(32)14-7-5-6-8-18(14)40-29(23)26(34)25(33)28(22)38-4/h5-12,30-31,33-34H,1-4H3. The fourth-order valence-corrected chi connectivity index (χ4v) is 4.51. The minimum atomic E-state index is -0.690. The summed E-state index contributed by atoms with van der Waals surface area (Å²) in [6.07, 6.45) is 0. The van der Waals surface area contributed by atoms with E-state index in [9.17, 15) is 25.2 Å². The quantitative estimate of drug-likeness (QED) is 0.155. The van der Waals surface area contributed by atoms with Crippen LogP contribution >= 0.6 is 0 Å². The third kappa shape index (κ3) is 4.04. The van der Waals surface area contributed by atoms with Crippen LogP contribution in [0.4, 0.5) is 0 Å². The van der Waals surface area contributed by atoms with Crippen LogP contribution in [0.1, 0.15) is 0 Å². The fourth-order valence-electron chi connectivity index (χ4n) is 4.51. The van der Waals surface area contributed by atoms with E-state index in [1.807, 2.05) is 0 Å². The monoisotopic (exact) mass is 548 g/mol. The molecule has 0 unspecified atom stereocenters. The van der Waals surface area contributed by atoms with Crippen molar-refractivity contribution >= 4 is 21.9 Å². The second-order valence-corrected chi connectivity index (χ2v) is 8.54. The van der Waals surface area contributed by atoms with Gasteiger partial charge in [-0.2, -0.15) is 0 Å². The number of methoxy groups -OCH3 is 4. The van der Waals surface area contributed by atoms with E-state index >= 15 is 0 Å². The third-order valence-electron chi connectivity index (χ3n) is 6.35. The van der Waals surface area contributed by atoms with Crippen LogP contribution < -0.4 is 29.1 Å². The molecule has 40 heavy (non-hydrogen) atoms. The van der Waals surface area contributed by atoms with Crippen LogP contribution in [0.2, 0.25) is 0 Å². The summed E-state index contributed by atoms with van der Waals surface area (Å²) in [5.41, 5.74) is -0.459. The predicted molar refractivity (Wildman–Crippen MR) is 145 cm³/mol. The lowest BCUT2D eigenvalue weighted by Gasteiger charge is -2.19. The summed E-state index contributed by atoms with van der Waals surface area (Å²) < 4.78 is 33.2. The van der Waals surface area contributed by atoms with Crippen molar-refractivity contribution in [2.24, 2.45) is 0 Å². The Hall–Kier alpha value is -5.45. The first kappa shape index (κ1) is 26.2.